The van der Waals surface area contributed by atoms with Gasteiger partial charge in [-0.2, -0.15) is 4.31 Å². The molecule has 7 heteroatoms. The Morgan fingerprint density at radius 2 is 1.57 bits per heavy atom. The van der Waals surface area contributed by atoms with Crippen LogP contribution in [0.1, 0.15) is 24.2 Å². The van der Waals surface area contributed by atoms with Crippen molar-refractivity contribution in [2.24, 2.45) is 0 Å². The van der Waals surface area contributed by atoms with Crippen LogP contribution in [0.2, 0.25) is 0 Å². The molecule has 3 aromatic carbocycles. The van der Waals surface area contributed by atoms with Crippen LogP contribution in [0.3, 0.4) is 0 Å². The Hall–Kier alpha value is -2.74. The number of nitrogens with one attached hydrogen (secondary N) is 1. The number of amides is 1. The van der Waals surface area contributed by atoms with Crippen molar-refractivity contribution in [2.45, 2.75) is 31.0 Å². The first-order valence-corrected chi connectivity index (χ1v) is 11.3. The Bertz CT molecular complexity index is 1170. The molecule has 0 saturated carbocycles. The van der Waals surface area contributed by atoms with Crippen molar-refractivity contribution in [3.8, 4) is 0 Å². The van der Waals surface area contributed by atoms with E-state index in [1.54, 1.807) is 0 Å². The SMILES string of the molecule is C[C@H]1CN(S(=O)(=O)c2ccc(C(=O)Nc3ccc4ccccc4c3)cc2)C[C@H](C)O1. The fraction of sp³-hybridized carbons (Fsp3) is 0.261. The van der Waals surface area contributed by atoms with Gasteiger partial charge >= 0.3 is 0 Å². The highest BCUT2D eigenvalue weighted by Crippen LogP contribution is 2.23. The number of sulfonamides is 1. The standard InChI is InChI=1S/C23H24N2O4S/c1-16-14-25(15-17(2)29-16)30(27,28)22-11-8-19(9-12-22)23(26)24-21-10-7-18-5-3-4-6-20(18)13-21/h3-13,16-17H,14-15H2,1-2H3,(H,24,26)/t16-,17-/m0/s1. The number of nitrogens with zero attached hydrogens (tertiary/aromatic N) is 1. The van der Waals surface area contributed by atoms with Crippen molar-refractivity contribution in [3.63, 3.8) is 0 Å². The number of carbonyl (C=O) groups excluding carboxylic acids is 1. The van der Waals surface area contributed by atoms with E-state index in [2.05, 4.69) is 5.32 Å². The molecular weight excluding hydrogens is 400 g/mol. The normalized spacial score (nSPS) is 20.2. The molecule has 0 unspecified atom stereocenters. The van der Waals surface area contributed by atoms with E-state index in [0.29, 0.717) is 24.3 Å². The lowest BCUT2D eigenvalue weighted by molar-refractivity contribution is -0.0440. The molecule has 156 valence electrons. The van der Waals surface area contributed by atoms with E-state index in [1.807, 2.05) is 56.3 Å². The molecule has 0 aliphatic carbocycles. The minimum Gasteiger partial charge on any atom is -0.373 e. The van der Waals surface area contributed by atoms with Gasteiger partial charge in [-0.1, -0.05) is 30.3 Å². The number of hydrogen-bond acceptors (Lipinski definition) is 4. The molecule has 1 heterocycles. The number of hydrogen-bond donors (Lipinski definition) is 1. The highest BCUT2D eigenvalue weighted by atomic mass is 32.2. The van der Waals surface area contributed by atoms with Crippen LogP contribution in [0, 0.1) is 0 Å². The van der Waals surface area contributed by atoms with E-state index in [0.717, 1.165) is 10.8 Å². The molecule has 6 nitrogen and oxygen atoms in total. The summed E-state index contributed by atoms with van der Waals surface area (Å²) in [5.74, 6) is -0.289. The van der Waals surface area contributed by atoms with Crippen molar-refractivity contribution in [3.05, 3.63) is 72.3 Å². The van der Waals surface area contributed by atoms with Crippen LogP contribution in [0.5, 0.6) is 0 Å². The van der Waals surface area contributed by atoms with Crippen LogP contribution in [0.15, 0.2) is 71.6 Å². The number of benzene rings is 3. The van der Waals surface area contributed by atoms with Gasteiger partial charge in [-0.05, 0) is 61.0 Å². The average Bonchev–Trinajstić information content (AvgIpc) is 2.73. The van der Waals surface area contributed by atoms with Crippen molar-refractivity contribution < 1.29 is 17.9 Å². The second-order valence-electron chi connectivity index (χ2n) is 7.62. The first-order chi connectivity index (χ1) is 14.3. The Morgan fingerprint density at radius 1 is 0.933 bits per heavy atom. The first-order valence-electron chi connectivity index (χ1n) is 9.89. The highest BCUT2D eigenvalue weighted by Gasteiger charge is 2.32. The fourth-order valence-electron chi connectivity index (χ4n) is 3.72. The van der Waals surface area contributed by atoms with Gasteiger partial charge in [-0.15, -0.1) is 0 Å². The van der Waals surface area contributed by atoms with Crippen LogP contribution in [-0.2, 0) is 14.8 Å². The summed E-state index contributed by atoms with van der Waals surface area (Å²) < 4.78 is 33.0. The van der Waals surface area contributed by atoms with Crippen LogP contribution in [0.4, 0.5) is 5.69 Å². The Balaban J connectivity index is 1.50. The molecule has 1 amide bonds. The lowest BCUT2D eigenvalue weighted by Gasteiger charge is -2.34. The maximum absolute atomic E-state index is 12.9. The highest BCUT2D eigenvalue weighted by molar-refractivity contribution is 7.89. The second-order valence-corrected chi connectivity index (χ2v) is 9.56. The quantitative estimate of drug-likeness (QED) is 0.689. The Morgan fingerprint density at radius 3 is 2.23 bits per heavy atom. The molecule has 1 aliphatic heterocycles. The first kappa shape index (κ1) is 20.5. The van der Waals surface area contributed by atoms with Gasteiger partial charge < -0.3 is 10.1 Å². The molecule has 1 N–H and O–H groups in total. The predicted molar refractivity (Wildman–Crippen MR) is 117 cm³/mol. The van der Waals surface area contributed by atoms with Crippen LogP contribution < -0.4 is 5.32 Å². The monoisotopic (exact) mass is 424 g/mol. The molecule has 4 rings (SSSR count). The summed E-state index contributed by atoms with van der Waals surface area (Å²) >= 11 is 0. The number of carbonyl (C=O) groups is 1. The van der Waals surface area contributed by atoms with Gasteiger partial charge in [0, 0.05) is 24.3 Å². The molecule has 2 atom stereocenters. The molecular formula is C23H24N2O4S. The molecule has 3 aromatic rings. The maximum atomic E-state index is 12.9. The third-order valence-corrected chi connectivity index (χ3v) is 6.99. The van der Waals surface area contributed by atoms with Crippen molar-refractivity contribution >= 4 is 32.4 Å². The van der Waals surface area contributed by atoms with Gasteiger partial charge in [0.1, 0.15) is 0 Å². The van der Waals surface area contributed by atoms with Crippen molar-refractivity contribution in [1.29, 1.82) is 0 Å². The molecule has 1 saturated heterocycles. The smallest absolute Gasteiger partial charge is 0.255 e. The van der Waals surface area contributed by atoms with Gasteiger partial charge in [0.2, 0.25) is 10.0 Å². The molecule has 30 heavy (non-hydrogen) atoms. The summed E-state index contributed by atoms with van der Waals surface area (Å²) in [7, 11) is -3.63. The summed E-state index contributed by atoms with van der Waals surface area (Å²) in [5.41, 5.74) is 1.08. The van der Waals surface area contributed by atoms with E-state index >= 15 is 0 Å². The fourth-order valence-corrected chi connectivity index (χ4v) is 5.32. The topological polar surface area (TPSA) is 75.7 Å². The molecule has 0 bridgehead atoms. The van der Waals surface area contributed by atoms with Crippen molar-refractivity contribution in [1.82, 2.24) is 4.31 Å². The summed E-state index contributed by atoms with van der Waals surface area (Å²) in [5, 5.41) is 5.00. The van der Waals surface area contributed by atoms with Crippen molar-refractivity contribution in [2.75, 3.05) is 18.4 Å². The van der Waals surface area contributed by atoms with E-state index in [4.69, 9.17) is 4.74 Å². The third kappa shape index (κ3) is 4.23. The lowest BCUT2D eigenvalue weighted by atomic mass is 10.1. The number of fused-ring (bicyclic) bond motifs is 1. The van der Waals surface area contributed by atoms with Gasteiger partial charge in [0.15, 0.2) is 0 Å². The zero-order valence-corrected chi connectivity index (χ0v) is 17.7. The largest absolute Gasteiger partial charge is 0.373 e. The molecule has 0 radical (unpaired) electrons. The second kappa shape index (κ2) is 8.18. The van der Waals surface area contributed by atoms with E-state index in [-0.39, 0.29) is 23.0 Å². The number of rotatable bonds is 4. The minimum atomic E-state index is -3.63. The van der Waals surface area contributed by atoms with E-state index in [9.17, 15) is 13.2 Å². The van der Waals surface area contributed by atoms with E-state index < -0.39 is 10.0 Å². The zero-order chi connectivity index (χ0) is 21.3. The summed E-state index contributed by atoms with van der Waals surface area (Å²) in [6, 6.07) is 19.7. The Labute approximate surface area is 176 Å². The number of ether oxygens (including phenoxy) is 1. The van der Waals surface area contributed by atoms with Gasteiger partial charge in [0.25, 0.3) is 5.91 Å². The third-order valence-electron chi connectivity index (χ3n) is 5.15. The summed E-state index contributed by atoms with van der Waals surface area (Å²) in [6.07, 6.45) is -0.314. The summed E-state index contributed by atoms with van der Waals surface area (Å²) in [4.78, 5) is 12.8. The van der Waals surface area contributed by atoms with Crippen LogP contribution in [-0.4, -0.2) is 43.9 Å². The molecule has 0 aromatic heterocycles. The maximum Gasteiger partial charge on any atom is 0.255 e. The van der Waals surface area contributed by atoms with Crippen LogP contribution in [0.25, 0.3) is 10.8 Å². The van der Waals surface area contributed by atoms with Gasteiger partial charge in [-0.3, -0.25) is 4.79 Å². The minimum absolute atomic E-state index is 0.157. The molecule has 1 fully saturated rings. The van der Waals surface area contributed by atoms with Gasteiger partial charge in [0.05, 0.1) is 17.1 Å². The van der Waals surface area contributed by atoms with Crippen LogP contribution >= 0.6 is 0 Å². The molecule has 1 aliphatic rings. The summed E-state index contributed by atoms with van der Waals surface area (Å²) in [6.45, 7) is 4.35. The average molecular weight is 425 g/mol. The number of morpholine rings is 1. The Kier molecular flexibility index (Phi) is 5.60. The lowest BCUT2D eigenvalue weighted by Crippen LogP contribution is -2.48. The van der Waals surface area contributed by atoms with Gasteiger partial charge in [-0.25, -0.2) is 8.42 Å². The predicted octanol–water partition coefficient (Wildman–Crippen LogP) is 3.89. The zero-order valence-electron chi connectivity index (χ0n) is 16.9. The number of anilines is 1. The van der Waals surface area contributed by atoms with E-state index in [1.165, 1.54) is 28.6 Å². The molecule has 0 spiro atoms.